The smallest absolute Gasteiger partial charge is 0.545 e. The first kappa shape index (κ1) is 36.2. The minimum Gasteiger partial charge on any atom is -0.545 e. The number of hydrogen-bond acceptors (Lipinski definition) is 6. The van der Waals surface area contributed by atoms with Gasteiger partial charge in [0, 0.05) is 6.42 Å². The van der Waals surface area contributed by atoms with E-state index in [4.69, 9.17) is 14.9 Å². The number of aliphatic hydroxyl groups is 2. The molecule has 0 radical (unpaired) electrons. The molecule has 0 fully saturated rings. The number of carboxylic acids is 1. The summed E-state index contributed by atoms with van der Waals surface area (Å²) in [4.78, 5) is 21.5. The molecule has 0 aromatic heterocycles. The molecule has 0 saturated heterocycles. The van der Waals surface area contributed by atoms with Gasteiger partial charge in [-0.25, -0.2) is 0 Å². The third-order valence-electron chi connectivity index (χ3n) is 5.64. The van der Waals surface area contributed by atoms with Gasteiger partial charge in [-0.3, -0.25) is 4.79 Å². The first-order valence-corrected chi connectivity index (χ1v) is 13.2. The normalized spacial score (nSPS) is 11.1. The summed E-state index contributed by atoms with van der Waals surface area (Å²) >= 11 is 0. The zero-order valence-corrected chi connectivity index (χ0v) is 24.2. The molecule has 0 bridgehead atoms. The predicted molar refractivity (Wildman–Crippen MR) is 134 cm³/mol. The maximum absolute atomic E-state index is 11.4. The summed E-state index contributed by atoms with van der Waals surface area (Å²) in [7, 11) is 0. The van der Waals surface area contributed by atoms with Crippen molar-refractivity contribution in [3.63, 3.8) is 0 Å². The van der Waals surface area contributed by atoms with E-state index in [2.05, 4.69) is 6.92 Å². The Morgan fingerprint density at radius 1 is 0.800 bits per heavy atom. The summed E-state index contributed by atoms with van der Waals surface area (Å²) in [5.74, 6) is -1.40. The number of benzene rings is 1. The quantitative estimate of drug-likeness (QED) is 0.161. The van der Waals surface area contributed by atoms with E-state index >= 15 is 0 Å². The Labute approximate surface area is 235 Å². The number of carbonyl (C=O) groups is 2. The number of rotatable bonds is 20. The van der Waals surface area contributed by atoms with Gasteiger partial charge in [-0.15, -0.1) is 0 Å². The molecule has 0 aliphatic heterocycles. The van der Waals surface area contributed by atoms with Gasteiger partial charge in [0.2, 0.25) is 0 Å². The van der Waals surface area contributed by atoms with Gasteiger partial charge >= 0.3 is 35.5 Å². The average molecular weight is 503 g/mol. The van der Waals surface area contributed by atoms with Crippen LogP contribution in [0.15, 0.2) is 30.3 Å². The van der Waals surface area contributed by atoms with Crippen molar-refractivity contribution in [2.24, 2.45) is 0 Å². The SMILES string of the molecule is CCCCCCCCCCCCCCCCCC(=O)OCC(O)CO.O=C([O-])c1ccccc1.[Na+]. The molecule has 1 unspecified atom stereocenters. The summed E-state index contributed by atoms with van der Waals surface area (Å²) in [5, 5.41) is 27.8. The molecular formula is C28H47NaO6. The molecule has 0 aliphatic carbocycles. The molecule has 196 valence electrons. The van der Waals surface area contributed by atoms with Crippen molar-refractivity contribution < 1.29 is 59.2 Å². The largest absolute Gasteiger partial charge is 1.00 e. The maximum atomic E-state index is 11.4. The van der Waals surface area contributed by atoms with E-state index in [9.17, 15) is 14.7 Å². The van der Waals surface area contributed by atoms with Gasteiger partial charge in [0.05, 0.1) is 12.6 Å². The van der Waals surface area contributed by atoms with Gasteiger partial charge < -0.3 is 24.9 Å². The fourth-order valence-corrected chi connectivity index (χ4v) is 3.53. The van der Waals surface area contributed by atoms with E-state index in [0.717, 1.165) is 12.8 Å². The molecule has 0 amide bonds. The molecule has 1 aromatic carbocycles. The van der Waals surface area contributed by atoms with E-state index in [0.29, 0.717) is 6.42 Å². The van der Waals surface area contributed by atoms with Crippen molar-refractivity contribution in [2.45, 2.75) is 116 Å². The number of aromatic carboxylic acids is 1. The van der Waals surface area contributed by atoms with Crippen molar-refractivity contribution in [1.29, 1.82) is 0 Å². The molecule has 0 saturated carbocycles. The van der Waals surface area contributed by atoms with Crippen LogP contribution in [0, 0.1) is 0 Å². The first-order valence-electron chi connectivity index (χ1n) is 13.2. The average Bonchev–Trinajstić information content (AvgIpc) is 2.85. The van der Waals surface area contributed by atoms with Crippen LogP contribution in [0.4, 0.5) is 0 Å². The monoisotopic (exact) mass is 502 g/mol. The molecule has 1 aromatic rings. The summed E-state index contributed by atoms with van der Waals surface area (Å²) in [5.41, 5.74) is 0.220. The third kappa shape index (κ3) is 26.0. The molecule has 1 rings (SSSR count). The van der Waals surface area contributed by atoms with Crippen LogP contribution in [0.25, 0.3) is 0 Å². The third-order valence-corrected chi connectivity index (χ3v) is 5.64. The molecule has 7 heteroatoms. The molecule has 0 spiro atoms. The van der Waals surface area contributed by atoms with E-state index in [1.807, 2.05) is 0 Å². The van der Waals surface area contributed by atoms with Gasteiger partial charge in [0.15, 0.2) is 0 Å². The zero-order chi connectivity index (χ0) is 25.3. The van der Waals surface area contributed by atoms with Crippen LogP contribution in [0.2, 0.25) is 0 Å². The van der Waals surface area contributed by atoms with Crippen LogP contribution < -0.4 is 34.7 Å². The van der Waals surface area contributed by atoms with Crippen LogP contribution in [0.5, 0.6) is 0 Å². The fraction of sp³-hybridized carbons (Fsp3) is 0.714. The molecular weight excluding hydrogens is 455 g/mol. The standard InChI is InChI=1S/C21H42O4.C7H6O2.Na/c1-2-3-4-5-6-7-8-9-10-11-12-13-14-15-16-17-21(24)25-19-20(23)18-22;8-7(9)6-4-2-1-3-5-6;/h20,22-23H,2-19H2,1H3;1-5H,(H,8,9);/q;;+1/p-1. The van der Waals surface area contributed by atoms with Crippen LogP contribution in [-0.2, 0) is 9.53 Å². The fourth-order valence-electron chi connectivity index (χ4n) is 3.53. The predicted octanol–water partition coefficient (Wildman–Crippen LogP) is 2.20. The molecule has 2 N–H and O–H groups in total. The zero-order valence-electron chi connectivity index (χ0n) is 22.2. The second kappa shape index (κ2) is 27.7. The topological polar surface area (TPSA) is 107 Å². The van der Waals surface area contributed by atoms with Gasteiger partial charge in [-0.1, -0.05) is 127 Å². The Kier molecular flexibility index (Phi) is 28.6. The van der Waals surface area contributed by atoms with Gasteiger partial charge in [0.1, 0.15) is 12.7 Å². The molecule has 1 atom stereocenters. The number of aliphatic hydroxyl groups excluding tert-OH is 2. The van der Waals surface area contributed by atoms with Crippen molar-refractivity contribution >= 4 is 11.9 Å². The second-order valence-electron chi connectivity index (χ2n) is 8.87. The summed E-state index contributed by atoms with van der Waals surface area (Å²) in [6, 6.07) is 8.06. The van der Waals surface area contributed by atoms with E-state index in [1.165, 1.54) is 95.6 Å². The summed E-state index contributed by atoms with van der Waals surface area (Å²) in [6.45, 7) is 1.79. The Hall–Kier alpha value is -0.920. The van der Waals surface area contributed by atoms with Gasteiger partial charge in [-0.05, 0) is 12.0 Å². The van der Waals surface area contributed by atoms with Gasteiger partial charge in [0.25, 0.3) is 0 Å². The summed E-state index contributed by atoms with van der Waals surface area (Å²) in [6.07, 6.45) is 19.0. The molecule has 0 heterocycles. The van der Waals surface area contributed by atoms with Crippen LogP contribution in [-0.4, -0.2) is 41.5 Å². The molecule has 6 nitrogen and oxygen atoms in total. The van der Waals surface area contributed by atoms with Crippen molar-refractivity contribution in [3.8, 4) is 0 Å². The number of hydrogen-bond donors (Lipinski definition) is 2. The first-order chi connectivity index (χ1) is 16.5. The Morgan fingerprint density at radius 2 is 1.23 bits per heavy atom. The second-order valence-corrected chi connectivity index (χ2v) is 8.87. The maximum Gasteiger partial charge on any atom is 1.00 e. The summed E-state index contributed by atoms with van der Waals surface area (Å²) < 4.78 is 4.86. The number of carbonyl (C=O) groups excluding carboxylic acids is 2. The van der Waals surface area contributed by atoms with Crippen LogP contribution >= 0.6 is 0 Å². The van der Waals surface area contributed by atoms with E-state index in [-0.39, 0.29) is 54.3 Å². The van der Waals surface area contributed by atoms with E-state index < -0.39 is 12.1 Å². The van der Waals surface area contributed by atoms with E-state index in [1.54, 1.807) is 18.2 Å². The Bertz CT molecular complexity index is 596. The number of esters is 1. The van der Waals surface area contributed by atoms with Crippen molar-refractivity contribution in [1.82, 2.24) is 0 Å². The van der Waals surface area contributed by atoms with Gasteiger partial charge in [-0.2, -0.15) is 0 Å². The number of unbranched alkanes of at least 4 members (excludes halogenated alkanes) is 14. The number of carboxylic acid groups (broad SMARTS) is 1. The Balaban J connectivity index is 0. The minimum absolute atomic E-state index is 0. The van der Waals surface area contributed by atoms with Crippen molar-refractivity contribution in [3.05, 3.63) is 35.9 Å². The molecule has 0 aliphatic rings. The van der Waals surface area contributed by atoms with Crippen LogP contribution in [0.3, 0.4) is 0 Å². The Morgan fingerprint density at radius 3 is 1.60 bits per heavy atom. The van der Waals surface area contributed by atoms with Crippen LogP contribution in [0.1, 0.15) is 120 Å². The number of ether oxygens (including phenoxy) is 1. The van der Waals surface area contributed by atoms with Crippen molar-refractivity contribution in [2.75, 3.05) is 13.2 Å². The minimum atomic E-state index is -1.13. The molecule has 35 heavy (non-hydrogen) atoms.